The molecule has 1 amide bonds. The Morgan fingerprint density at radius 2 is 2.00 bits per heavy atom. The second kappa shape index (κ2) is 2.83. The smallest absolute Gasteiger partial charge is 0.223 e. The summed E-state index contributed by atoms with van der Waals surface area (Å²) >= 11 is 0. The summed E-state index contributed by atoms with van der Waals surface area (Å²) in [6.45, 7) is 0. The Balaban J connectivity index is 2.02. The molecule has 15 heavy (non-hydrogen) atoms. The Morgan fingerprint density at radius 3 is 2.80 bits per heavy atom. The first-order valence-corrected chi connectivity index (χ1v) is 5.26. The Kier molecular flexibility index (Phi) is 1.68. The molecule has 2 atom stereocenters. The zero-order valence-corrected chi connectivity index (χ0v) is 8.36. The topological polar surface area (TPSA) is 49.3 Å². The van der Waals surface area contributed by atoms with Crippen molar-refractivity contribution in [3.8, 4) is 0 Å². The second-order valence-corrected chi connectivity index (χ2v) is 4.55. The van der Waals surface area contributed by atoms with Crippen LogP contribution in [0, 0.1) is 0 Å². The van der Waals surface area contributed by atoms with E-state index in [0.717, 1.165) is 6.42 Å². The fourth-order valence-electron chi connectivity index (χ4n) is 2.69. The molecule has 1 aliphatic heterocycles. The van der Waals surface area contributed by atoms with Gasteiger partial charge in [-0.2, -0.15) is 0 Å². The van der Waals surface area contributed by atoms with E-state index in [1.807, 2.05) is 18.2 Å². The first-order chi connectivity index (χ1) is 7.17. The molecule has 0 bridgehead atoms. The molecule has 3 heteroatoms. The van der Waals surface area contributed by atoms with Gasteiger partial charge < -0.3 is 10.4 Å². The van der Waals surface area contributed by atoms with E-state index in [9.17, 15) is 9.90 Å². The molecular formula is C12H13NO2. The number of benzene rings is 1. The molecule has 3 rings (SSSR count). The predicted molar refractivity (Wildman–Crippen MR) is 55.3 cm³/mol. The highest BCUT2D eigenvalue weighted by molar-refractivity contribution is 5.81. The Morgan fingerprint density at radius 1 is 1.27 bits per heavy atom. The third-order valence-corrected chi connectivity index (χ3v) is 3.49. The monoisotopic (exact) mass is 203 g/mol. The maximum atomic E-state index is 11.3. The predicted octanol–water partition coefficient (Wildman–Crippen LogP) is 0.405. The molecule has 1 saturated heterocycles. The zero-order chi connectivity index (χ0) is 10.5. The number of rotatable bonds is 0. The molecule has 1 fully saturated rings. The maximum absolute atomic E-state index is 11.3. The third-order valence-electron chi connectivity index (χ3n) is 3.49. The van der Waals surface area contributed by atoms with Crippen LogP contribution < -0.4 is 5.32 Å². The van der Waals surface area contributed by atoms with Crippen molar-refractivity contribution in [1.82, 2.24) is 5.32 Å². The van der Waals surface area contributed by atoms with Gasteiger partial charge in [-0.05, 0) is 17.5 Å². The molecule has 3 nitrogen and oxygen atoms in total. The van der Waals surface area contributed by atoms with Crippen LogP contribution in [0.25, 0.3) is 0 Å². The average molecular weight is 203 g/mol. The summed E-state index contributed by atoms with van der Waals surface area (Å²) in [6.07, 6.45) is 1.58. The van der Waals surface area contributed by atoms with Gasteiger partial charge in [0.1, 0.15) is 0 Å². The van der Waals surface area contributed by atoms with Gasteiger partial charge in [-0.15, -0.1) is 0 Å². The van der Waals surface area contributed by atoms with Crippen LogP contribution in [0.3, 0.4) is 0 Å². The van der Waals surface area contributed by atoms with Crippen molar-refractivity contribution in [1.29, 1.82) is 0 Å². The van der Waals surface area contributed by atoms with Crippen molar-refractivity contribution in [2.75, 3.05) is 0 Å². The average Bonchev–Trinajstić information content (AvgIpc) is 2.47. The summed E-state index contributed by atoms with van der Waals surface area (Å²) in [5.41, 5.74) is 1.56. The van der Waals surface area contributed by atoms with E-state index in [4.69, 9.17) is 0 Å². The quantitative estimate of drug-likeness (QED) is 0.641. The first kappa shape index (κ1) is 8.92. The fourth-order valence-corrected chi connectivity index (χ4v) is 2.69. The summed E-state index contributed by atoms with van der Waals surface area (Å²) in [5, 5.41) is 13.2. The van der Waals surface area contributed by atoms with Crippen molar-refractivity contribution >= 4 is 5.91 Å². The largest absolute Gasteiger partial charge is 0.387 e. The third kappa shape index (κ3) is 1.27. The number of fused-ring (bicyclic) bond motifs is 2. The van der Waals surface area contributed by atoms with Gasteiger partial charge in [-0.25, -0.2) is 0 Å². The Bertz CT molecular complexity index is 429. The van der Waals surface area contributed by atoms with E-state index in [1.165, 1.54) is 11.1 Å². The molecule has 1 aromatic rings. The number of nitrogens with one attached hydrogen (secondary N) is 1. The minimum absolute atomic E-state index is 0.0321. The van der Waals surface area contributed by atoms with Crippen LogP contribution in [0.4, 0.5) is 0 Å². The molecule has 78 valence electrons. The lowest BCUT2D eigenvalue weighted by Gasteiger charge is -2.34. The summed E-state index contributed by atoms with van der Waals surface area (Å²) < 4.78 is 0. The van der Waals surface area contributed by atoms with Crippen LogP contribution in [0.15, 0.2) is 24.3 Å². The lowest BCUT2D eigenvalue weighted by atomic mass is 9.77. The van der Waals surface area contributed by atoms with Gasteiger partial charge >= 0.3 is 0 Å². The van der Waals surface area contributed by atoms with Gasteiger partial charge in [0, 0.05) is 6.42 Å². The van der Waals surface area contributed by atoms with Gasteiger partial charge in [0.05, 0.1) is 18.1 Å². The summed E-state index contributed by atoms with van der Waals surface area (Å²) in [7, 11) is 0. The Hall–Kier alpha value is -1.35. The number of aliphatic hydroxyl groups is 1. The van der Waals surface area contributed by atoms with E-state index in [-0.39, 0.29) is 18.4 Å². The van der Waals surface area contributed by atoms with Crippen molar-refractivity contribution in [3.63, 3.8) is 0 Å². The van der Waals surface area contributed by atoms with Crippen LogP contribution >= 0.6 is 0 Å². The molecule has 0 saturated carbocycles. The van der Waals surface area contributed by atoms with Crippen LogP contribution in [0.1, 0.15) is 17.5 Å². The molecule has 0 radical (unpaired) electrons. The van der Waals surface area contributed by atoms with Crippen LogP contribution in [0.2, 0.25) is 0 Å². The van der Waals surface area contributed by atoms with Gasteiger partial charge in [-0.3, -0.25) is 4.79 Å². The minimum Gasteiger partial charge on any atom is -0.387 e. The molecular weight excluding hydrogens is 190 g/mol. The van der Waals surface area contributed by atoms with E-state index in [1.54, 1.807) is 0 Å². The number of carbonyl (C=O) groups excluding carboxylic acids is 1. The second-order valence-electron chi connectivity index (χ2n) is 4.55. The highest BCUT2D eigenvalue weighted by Crippen LogP contribution is 2.34. The van der Waals surface area contributed by atoms with Gasteiger partial charge in [0.15, 0.2) is 0 Å². The number of amides is 1. The molecule has 0 aromatic heterocycles. The zero-order valence-electron chi connectivity index (χ0n) is 8.36. The van der Waals surface area contributed by atoms with Crippen molar-refractivity contribution in [3.05, 3.63) is 35.4 Å². The molecule has 1 heterocycles. The van der Waals surface area contributed by atoms with E-state index < -0.39 is 5.60 Å². The standard InChI is InChI=1S/C12H13NO2/c14-11-7-12(15)6-9-4-2-1-3-8(9)5-10(12)13-11/h1-4,10,15H,5-7H2,(H,13,14)/t10-,12+/m1/s1. The molecule has 0 unspecified atom stereocenters. The highest BCUT2D eigenvalue weighted by Gasteiger charge is 2.47. The SMILES string of the molecule is O=C1C[C@@]2(O)Cc3ccccc3C[C@H]2N1. The fraction of sp³-hybridized carbons (Fsp3) is 0.417. The minimum atomic E-state index is -0.856. The van der Waals surface area contributed by atoms with Crippen molar-refractivity contribution in [2.45, 2.75) is 30.9 Å². The van der Waals surface area contributed by atoms with Gasteiger partial charge in [-0.1, -0.05) is 24.3 Å². The lowest BCUT2D eigenvalue weighted by Crippen LogP contribution is -2.48. The van der Waals surface area contributed by atoms with Crippen molar-refractivity contribution < 1.29 is 9.90 Å². The normalized spacial score (nSPS) is 33.1. The van der Waals surface area contributed by atoms with Crippen LogP contribution in [-0.2, 0) is 17.6 Å². The summed E-state index contributed by atoms with van der Waals surface area (Å²) in [5.74, 6) is -0.0321. The molecule has 1 aliphatic carbocycles. The molecule has 2 N–H and O–H groups in total. The van der Waals surface area contributed by atoms with E-state index in [0.29, 0.717) is 6.42 Å². The van der Waals surface area contributed by atoms with E-state index >= 15 is 0 Å². The van der Waals surface area contributed by atoms with Crippen LogP contribution in [0.5, 0.6) is 0 Å². The summed E-state index contributed by atoms with van der Waals surface area (Å²) in [4.78, 5) is 11.3. The van der Waals surface area contributed by atoms with Crippen LogP contribution in [-0.4, -0.2) is 22.7 Å². The molecule has 2 aliphatic rings. The van der Waals surface area contributed by atoms with Gasteiger partial charge in [0.25, 0.3) is 0 Å². The molecule has 1 aromatic carbocycles. The van der Waals surface area contributed by atoms with E-state index in [2.05, 4.69) is 11.4 Å². The van der Waals surface area contributed by atoms with Crippen molar-refractivity contribution in [2.24, 2.45) is 0 Å². The van der Waals surface area contributed by atoms with Gasteiger partial charge in [0.2, 0.25) is 5.91 Å². The first-order valence-electron chi connectivity index (χ1n) is 5.26. The highest BCUT2D eigenvalue weighted by atomic mass is 16.3. The summed E-state index contributed by atoms with van der Waals surface area (Å²) in [6, 6.07) is 7.98. The number of hydrogen-bond acceptors (Lipinski definition) is 2. The Labute approximate surface area is 88.1 Å². The number of hydrogen-bond donors (Lipinski definition) is 2. The molecule has 0 spiro atoms. The maximum Gasteiger partial charge on any atom is 0.223 e. The lowest BCUT2D eigenvalue weighted by molar-refractivity contribution is -0.120. The number of carbonyl (C=O) groups is 1.